The molecule has 1 unspecified atom stereocenters. The molecule has 5 nitrogen and oxygen atoms in total. The zero-order chi connectivity index (χ0) is 20.4. The van der Waals surface area contributed by atoms with Gasteiger partial charge in [0.1, 0.15) is 5.75 Å². The second kappa shape index (κ2) is 7.89. The standard InChI is InChI=1S/C22H19ClN2O3S/c1-28-22-13-6-5-12-19(22)21-15-20(16-8-7-9-17(23)14-16)24-25(21)29(26,27)18-10-3-2-4-11-18/h2-14,21H,15H2,1H3. The molecule has 4 rings (SSSR count). The van der Waals surface area contributed by atoms with Crippen molar-refractivity contribution < 1.29 is 13.2 Å². The van der Waals surface area contributed by atoms with Crippen LogP contribution in [0.2, 0.25) is 5.02 Å². The Labute approximate surface area is 175 Å². The van der Waals surface area contributed by atoms with Gasteiger partial charge in [-0.25, -0.2) is 0 Å². The van der Waals surface area contributed by atoms with E-state index in [9.17, 15) is 8.42 Å². The van der Waals surface area contributed by atoms with Crippen LogP contribution in [0.25, 0.3) is 0 Å². The van der Waals surface area contributed by atoms with Crippen LogP contribution in [0.1, 0.15) is 23.6 Å². The molecule has 0 saturated carbocycles. The summed E-state index contributed by atoms with van der Waals surface area (Å²) >= 11 is 6.14. The highest BCUT2D eigenvalue weighted by Crippen LogP contribution is 2.40. The number of sulfonamides is 1. The second-order valence-electron chi connectivity index (χ2n) is 6.61. The number of para-hydroxylation sites is 1. The lowest BCUT2D eigenvalue weighted by atomic mass is 9.98. The van der Waals surface area contributed by atoms with E-state index in [4.69, 9.17) is 16.3 Å². The number of benzene rings is 3. The number of ether oxygens (including phenoxy) is 1. The highest BCUT2D eigenvalue weighted by atomic mass is 35.5. The Hall–Kier alpha value is -2.83. The van der Waals surface area contributed by atoms with Gasteiger partial charge in [0.05, 0.1) is 23.8 Å². The van der Waals surface area contributed by atoms with Crippen molar-refractivity contribution in [2.75, 3.05) is 7.11 Å². The minimum absolute atomic E-state index is 0.191. The fourth-order valence-electron chi connectivity index (χ4n) is 3.43. The molecule has 0 aromatic heterocycles. The largest absolute Gasteiger partial charge is 0.496 e. The van der Waals surface area contributed by atoms with Crippen LogP contribution in [0.4, 0.5) is 0 Å². The van der Waals surface area contributed by atoms with Crippen LogP contribution in [0.3, 0.4) is 0 Å². The number of hydrogen-bond acceptors (Lipinski definition) is 4. The van der Waals surface area contributed by atoms with Crippen LogP contribution in [0.15, 0.2) is 88.9 Å². The quantitative estimate of drug-likeness (QED) is 0.583. The Bertz CT molecular complexity index is 1160. The van der Waals surface area contributed by atoms with E-state index >= 15 is 0 Å². The van der Waals surface area contributed by atoms with E-state index < -0.39 is 16.1 Å². The summed E-state index contributed by atoms with van der Waals surface area (Å²) in [4.78, 5) is 0.191. The third-order valence-corrected chi connectivity index (χ3v) is 6.75. The molecule has 1 aliphatic heterocycles. The van der Waals surface area contributed by atoms with Gasteiger partial charge in [0.15, 0.2) is 0 Å². The topological polar surface area (TPSA) is 59.0 Å². The van der Waals surface area contributed by atoms with Gasteiger partial charge in [-0.3, -0.25) is 0 Å². The van der Waals surface area contributed by atoms with Crippen molar-refractivity contribution in [2.45, 2.75) is 17.4 Å². The molecule has 0 amide bonds. The summed E-state index contributed by atoms with van der Waals surface area (Å²) in [6, 6.07) is 22.5. The molecule has 0 bridgehead atoms. The number of methoxy groups -OCH3 is 1. The highest BCUT2D eigenvalue weighted by Gasteiger charge is 2.38. The molecule has 1 heterocycles. The van der Waals surface area contributed by atoms with Gasteiger partial charge in [-0.05, 0) is 35.9 Å². The van der Waals surface area contributed by atoms with Crippen LogP contribution in [-0.4, -0.2) is 25.7 Å². The Morgan fingerprint density at radius 2 is 1.72 bits per heavy atom. The number of hydrogen-bond donors (Lipinski definition) is 0. The third-order valence-electron chi connectivity index (χ3n) is 4.82. The zero-order valence-corrected chi connectivity index (χ0v) is 17.3. The first-order valence-electron chi connectivity index (χ1n) is 9.06. The van der Waals surface area contributed by atoms with Gasteiger partial charge >= 0.3 is 0 Å². The van der Waals surface area contributed by atoms with Crippen molar-refractivity contribution in [1.29, 1.82) is 0 Å². The van der Waals surface area contributed by atoms with Crippen molar-refractivity contribution in [3.05, 3.63) is 95.0 Å². The molecule has 0 aliphatic carbocycles. The summed E-state index contributed by atoms with van der Waals surface area (Å²) in [6.07, 6.45) is 0.410. The van der Waals surface area contributed by atoms with Gasteiger partial charge in [0.2, 0.25) is 0 Å². The molecule has 0 radical (unpaired) electrons. The molecule has 1 atom stereocenters. The fourth-order valence-corrected chi connectivity index (χ4v) is 5.06. The van der Waals surface area contributed by atoms with E-state index in [1.54, 1.807) is 49.6 Å². The Morgan fingerprint density at radius 1 is 1.00 bits per heavy atom. The van der Waals surface area contributed by atoms with Gasteiger partial charge in [-0.2, -0.15) is 17.9 Å². The molecule has 0 N–H and O–H groups in total. The van der Waals surface area contributed by atoms with E-state index in [-0.39, 0.29) is 4.90 Å². The lowest BCUT2D eigenvalue weighted by Gasteiger charge is -2.24. The minimum Gasteiger partial charge on any atom is -0.496 e. The van der Waals surface area contributed by atoms with Crippen LogP contribution >= 0.6 is 11.6 Å². The summed E-state index contributed by atoms with van der Waals surface area (Å²) in [5, 5.41) is 5.10. The summed E-state index contributed by atoms with van der Waals surface area (Å²) in [7, 11) is -2.28. The smallest absolute Gasteiger partial charge is 0.279 e. The van der Waals surface area contributed by atoms with Crippen molar-refractivity contribution in [1.82, 2.24) is 4.41 Å². The van der Waals surface area contributed by atoms with E-state index in [2.05, 4.69) is 5.10 Å². The van der Waals surface area contributed by atoms with Crippen LogP contribution in [0.5, 0.6) is 5.75 Å². The van der Waals surface area contributed by atoms with Crippen LogP contribution in [0, 0.1) is 0 Å². The summed E-state index contributed by atoms with van der Waals surface area (Å²) < 4.78 is 33.5. The van der Waals surface area contributed by atoms with Crippen molar-refractivity contribution in [3.63, 3.8) is 0 Å². The first kappa shape index (κ1) is 19.5. The average Bonchev–Trinajstić information content (AvgIpc) is 3.20. The molecular weight excluding hydrogens is 408 g/mol. The van der Waals surface area contributed by atoms with Gasteiger partial charge in [-0.15, -0.1) is 0 Å². The predicted molar refractivity (Wildman–Crippen MR) is 114 cm³/mol. The summed E-state index contributed by atoms with van der Waals surface area (Å²) in [5.74, 6) is 0.619. The average molecular weight is 427 g/mol. The molecule has 3 aromatic carbocycles. The monoisotopic (exact) mass is 426 g/mol. The van der Waals surface area contributed by atoms with Crippen LogP contribution < -0.4 is 4.74 Å². The summed E-state index contributed by atoms with van der Waals surface area (Å²) in [5.41, 5.74) is 2.21. The predicted octanol–water partition coefficient (Wildman–Crippen LogP) is 4.89. The lowest BCUT2D eigenvalue weighted by molar-refractivity contribution is 0.350. The molecule has 29 heavy (non-hydrogen) atoms. The molecule has 0 spiro atoms. The molecular formula is C22H19ClN2O3S. The summed E-state index contributed by atoms with van der Waals surface area (Å²) in [6.45, 7) is 0. The highest BCUT2D eigenvalue weighted by molar-refractivity contribution is 7.89. The molecule has 7 heteroatoms. The first-order chi connectivity index (χ1) is 14.0. The van der Waals surface area contributed by atoms with Crippen LogP contribution in [-0.2, 0) is 10.0 Å². The molecule has 0 fully saturated rings. The SMILES string of the molecule is COc1ccccc1C1CC(c2cccc(Cl)c2)=NN1S(=O)(=O)c1ccccc1. The molecule has 148 valence electrons. The maximum absolute atomic E-state index is 13.4. The van der Waals surface area contributed by atoms with E-state index in [1.165, 1.54) is 4.41 Å². The van der Waals surface area contributed by atoms with E-state index in [0.717, 1.165) is 11.1 Å². The maximum Gasteiger partial charge on any atom is 0.279 e. The Balaban J connectivity index is 1.84. The lowest BCUT2D eigenvalue weighted by Crippen LogP contribution is -2.27. The van der Waals surface area contributed by atoms with Crippen molar-refractivity contribution in [2.24, 2.45) is 5.10 Å². The maximum atomic E-state index is 13.4. The minimum atomic E-state index is -3.85. The van der Waals surface area contributed by atoms with E-state index in [1.807, 2.05) is 36.4 Å². The molecule has 0 saturated heterocycles. The molecule has 3 aromatic rings. The normalized spacial score (nSPS) is 16.6. The van der Waals surface area contributed by atoms with Crippen molar-refractivity contribution in [3.8, 4) is 5.75 Å². The van der Waals surface area contributed by atoms with Gasteiger partial charge in [0, 0.05) is 17.0 Å². The van der Waals surface area contributed by atoms with Gasteiger partial charge < -0.3 is 4.74 Å². The number of hydrazone groups is 1. The Morgan fingerprint density at radius 3 is 2.45 bits per heavy atom. The molecule has 1 aliphatic rings. The second-order valence-corrected chi connectivity index (χ2v) is 8.84. The van der Waals surface area contributed by atoms with Crippen molar-refractivity contribution >= 4 is 27.3 Å². The number of rotatable bonds is 5. The number of halogens is 1. The number of nitrogens with zero attached hydrogens (tertiary/aromatic N) is 2. The third kappa shape index (κ3) is 3.73. The van der Waals surface area contributed by atoms with E-state index in [0.29, 0.717) is 22.9 Å². The van der Waals surface area contributed by atoms with Gasteiger partial charge in [-0.1, -0.05) is 60.1 Å². The van der Waals surface area contributed by atoms with Gasteiger partial charge in [0.25, 0.3) is 10.0 Å². The zero-order valence-electron chi connectivity index (χ0n) is 15.7. The first-order valence-corrected chi connectivity index (χ1v) is 10.9. The Kier molecular flexibility index (Phi) is 5.30. The fraction of sp³-hybridized carbons (Fsp3) is 0.136.